The second-order valence-electron chi connectivity index (χ2n) is 4.28. The number of amides is 1. The van der Waals surface area contributed by atoms with E-state index in [1.807, 2.05) is 31.2 Å². The van der Waals surface area contributed by atoms with E-state index in [1.165, 1.54) is 18.2 Å². The van der Waals surface area contributed by atoms with Crippen molar-refractivity contribution in [2.45, 2.75) is 6.92 Å². The highest BCUT2D eigenvalue weighted by Crippen LogP contribution is 2.22. The Hall–Kier alpha value is -1.68. The molecule has 0 radical (unpaired) electrons. The van der Waals surface area contributed by atoms with Gasteiger partial charge in [-0.15, -0.1) is 0 Å². The molecule has 0 aliphatic carbocycles. The lowest BCUT2D eigenvalue weighted by molar-refractivity contribution is 0.0992. The van der Waals surface area contributed by atoms with E-state index in [4.69, 9.17) is 0 Å². The highest BCUT2D eigenvalue weighted by atomic mass is 79.9. The number of hydrogen-bond donors (Lipinski definition) is 0. The standard InChI is InChI=1S/C15H13BrFNO/c1-10-5-3-4-6-14(10)18(2)15(19)11-7-8-13(17)12(16)9-11/h3-9H,1-2H3. The molecule has 2 aromatic rings. The van der Waals surface area contributed by atoms with Crippen LogP contribution in [-0.2, 0) is 0 Å². The normalized spacial score (nSPS) is 10.3. The minimum absolute atomic E-state index is 0.171. The smallest absolute Gasteiger partial charge is 0.258 e. The van der Waals surface area contributed by atoms with E-state index in [0.29, 0.717) is 5.56 Å². The van der Waals surface area contributed by atoms with E-state index < -0.39 is 0 Å². The number of carbonyl (C=O) groups excluding carboxylic acids is 1. The first-order chi connectivity index (χ1) is 9.00. The van der Waals surface area contributed by atoms with Crippen LogP contribution in [-0.4, -0.2) is 13.0 Å². The van der Waals surface area contributed by atoms with Gasteiger partial charge in [0.25, 0.3) is 5.91 Å². The number of carbonyl (C=O) groups is 1. The van der Waals surface area contributed by atoms with Crippen LogP contribution >= 0.6 is 15.9 Å². The number of para-hydroxylation sites is 1. The molecule has 0 fully saturated rings. The van der Waals surface area contributed by atoms with Gasteiger partial charge in [0.15, 0.2) is 0 Å². The van der Waals surface area contributed by atoms with Crippen LogP contribution < -0.4 is 4.90 Å². The molecule has 0 aliphatic rings. The van der Waals surface area contributed by atoms with Gasteiger partial charge in [-0.2, -0.15) is 0 Å². The zero-order valence-corrected chi connectivity index (χ0v) is 12.2. The first kappa shape index (κ1) is 13.7. The van der Waals surface area contributed by atoms with Gasteiger partial charge in [-0.1, -0.05) is 18.2 Å². The SMILES string of the molecule is Cc1ccccc1N(C)C(=O)c1ccc(F)c(Br)c1. The zero-order valence-electron chi connectivity index (χ0n) is 10.7. The lowest BCUT2D eigenvalue weighted by atomic mass is 10.1. The van der Waals surface area contributed by atoms with Gasteiger partial charge < -0.3 is 4.90 Å². The summed E-state index contributed by atoms with van der Waals surface area (Å²) in [5.41, 5.74) is 2.30. The zero-order chi connectivity index (χ0) is 14.0. The van der Waals surface area contributed by atoms with Gasteiger partial charge in [0.05, 0.1) is 4.47 Å². The van der Waals surface area contributed by atoms with Gasteiger partial charge in [0, 0.05) is 18.3 Å². The third-order valence-electron chi connectivity index (χ3n) is 2.95. The van der Waals surface area contributed by atoms with Crippen LogP contribution in [0.1, 0.15) is 15.9 Å². The van der Waals surface area contributed by atoms with Crippen LogP contribution in [0.25, 0.3) is 0 Å². The molecule has 2 rings (SSSR count). The summed E-state index contributed by atoms with van der Waals surface area (Å²) in [6.07, 6.45) is 0. The molecule has 0 heterocycles. The molecule has 0 bridgehead atoms. The fraction of sp³-hybridized carbons (Fsp3) is 0.133. The molecule has 0 atom stereocenters. The largest absolute Gasteiger partial charge is 0.311 e. The summed E-state index contributed by atoms with van der Waals surface area (Å²) in [6, 6.07) is 11.9. The van der Waals surface area contributed by atoms with Gasteiger partial charge in [-0.3, -0.25) is 4.79 Å². The van der Waals surface area contributed by atoms with Gasteiger partial charge in [-0.05, 0) is 52.7 Å². The van der Waals surface area contributed by atoms with Crippen molar-refractivity contribution in [1.29, 1.82) is 0 Å². The van der Waals surface area contributed by atoms with Crippen molar-refractivity contribution in [3.63, 3.8) is 0 Å². The molecule has 1 amide bonds. The molecule has 2 nitrogen and oxygen atoms in total. The van der Waals surface area contributed by atoms with Crippen LogP contribution in [0, 0.1) is 12.7 Å². The van der Waals surface area contributed by atoms with Crippen molar-refractivity contribution in [3.05, 3.63) is 63.9 Å². The molecular weight excluding hydrogens is 309 g/mol. The molecule has 98 valence electrons. The maximum absolute atomic E-state index is 13.2. The fourth-order valence-corrected chi connectivity index (χ4v) is 2.25. The molecule has 0 unspecified atom stereocenters. The van der Waals surface area contributed by atoms with Gasteiger partial charge in [0.1, 0.15) is 5.82 Å². The van der Waals surface area contributed by atoms with Crippen molar-refractivity contribution in [1.82, 2.24) is 0 Å². The number of aryl methyl sites for hydroxylation is 1. The number of hydrogen-bond acceptors (Lipinski definition) is 1. The number of rotatable bonds is 2. The lowest BCUT2D eigenvalue weighted by Crippen LogP contribution is -2.26. The van der Waals surface area contributed by atoms with Gasteiger partial charge >= 0.3 is 0 Å². The van der Waals surface area contributed by atoms with E-state index in [9.17, 15) is 9.18 Å². The summed E-state index contributed by atoms with van der Waals surface area (Å²) < 4.78 is 13.5. The molecule has 19 heavy (non-hydrogen) atoms. The van der Waals surface area contributed by atoms with E-state index >= 15 is 0 Å². The number of benzene rings is 2. The third kappa shape index (κ3) is 2.84. The molecule has 0 aromatic heterocycles. The Morgan fingerprint density at radius 2 is 1.89 bits per heavy atom. The van der Waals surface area contributed by atoms with Crippen molar-refractivity contribution in [2.24, 2.45) is 0 Å². The Morgan fingerprint density at radius 1 is 1.21 bits per heavy atom. The van der Waals surface area contributed by atoms with Gasteiger partial charge in [-0.25, -0.2) is 4.39 Å². The second kappa shape index (κ2) is 5.53. The minimum atomic E-state index is -0.380. The van der Waals surface area contributed by atoms with E-state index in [-0.39, 0.29) is 16.2 Å². The first-order valence-corrected chi connectivity index (χ1v) is 6.58. The quantitative estimate of drug-likeness (QED) is 0.812. The van der Waals surface area contributed by atoms with Gasteiger partial charge in [0.2, 0.25) is 0 Å². The Labute approximate surface area is 120 Å². The van der Waals surface area contributed by atoms with E-state index in [0.717, 1.165) is 11.3 Å². The Bertz CT molecular complexity index is 627. The Kier molecular flexibility index (Phi) is 4.00. The summed E-state index contributed by atoms with van der Waals surface area (Å²) in [6.45, 7) is 1.94. The monoisotopic (exact) mass is 321 g/mol. The molecular formula is C15H13BrFNO. The number of halogens is 2. The second-order valence-corrected chi connectivity index (χ2v) is 5.13. The summed E-state index contributed by atoms with van der Waals surface area (Å²) in [5, 5.41) is 0. The summed E-state index contributed by atoms with van der Waals surface area (Å²) in [7, 11) is 1.71. The van der Waals surface area contributed by atoms with Crippen LogP contribution in [0.15, 0.2) is 46.9 Å². The van der Waals surface area contributed by atoms with Crippen molar-refractivity contribution < 1.29 is 9.18 Å². The Morgan fingerprint density at radius 3 is 2.53 bits per heavy atom. The van der Waals surface area contributed by atoms with Crippen LogP contribution in [0.5, 0.6) is 0 Å². The minimum Gasteiger partial charge on any atom is -0.311 e. The van der Waals surface area contributed by atoms with E-state index in [1.54, 1.807) is 11.9 Å². The van der Waals surface area contributed by atoms with Crippen molar-refractivity contribution in [3.8, 4) is 0 Å². The average molecular weight is 322 g/mol. The summed E-state index contributed by atoms with van der Waals surface area (Å²) in [5.74, 6) is -0.551. The van der Waals surface area contributed by atoms with Crippen LogP contribution in [0.3, 0.4) is 0 Å². The number of nitrogens with zero attached hydrogens (tertiary/aromatic N) is 1. The van der Waals surface area contributed by atoms with Crippen molar-refractivity contribution >= 4 is 27.5 Å². The highest BCUT2D eigenvalue weighted by molar-refractivity contribution is 9.10. The third-order valence-corrected chi connectivity index (χ3v) is 3.56. The van der Waals surface area contributed by atoms with Crippen molar-refractivity contribution in [2.75, 3.05) is 11.9 Å². The maximum atomic E-state index is 13.2. The highest BCUT2D eigenvalue weighted by Gasteiger charge is 2.15. The van der Waals surface area contributed by atoms with E-state index in [2.05, 4.69) is 15.9 Å². The molecule has 0 aliphatic heterocycles. The van der Waals surface area contributed by atoms with Crippen LogP contribution in [0.2, 0.25) is 0 Å². The molecule has 0 saturated carbocycles. The predicted octanol–water partition coefficient (Wildman–Crippen LogP) is 4.17. The Balaban J connectivity index is 2.34. The fourth-order valence-electron chi connectivity index (χ4n) is 1.87. The predicted molar refractivity (Wildman–Crippen MR) is 78.0 cm³/mol. The molecule has 0 saturated heterocycles. The maximum Gasteiger partial charge on any atom is 0.258 e. The first-order valence-electron chi connectivity index (χ1n) is 5.79. The number of anilines is 1. The van der Waals surface area contributed by atoms with Crippen LogP contribution in [0.4, 0.5) is 10.1 Å². The topological polar surface area (TPSA) is 20.3 Å². The molecule has 4 heteroatoms. The molecule has 0 spiro atoms. The lowest BCUT2D eigenvalue weighted by Gasteiger charge is -2.19. The molecule has 0 N–H and O–H groups in total. The summed E-state index contributed by atoms with van der Waals surface area (Å²) >= 11 is 3.09. The summed E-state index contributed by atoms with van der Waals surface area (Å²) in [4.78, 5) is 13.9. The average Bonchev–Trinajstić information content (AvgIpc) is 2.41. The molecule has 2 aromatic carbocycles.